The smallest absolute Gasteiger partial charge is 0.124 e. The second-order valence-electron chi connectivity index (χ2n) is 5.04. The van der Waals surface area contributed by atoms with Crippen LogP contribution in [0.15, 0.2) is 0 Å². The molecule has 2 heterocycles. The molecule has 0 aromatic heterocycles. The van der Waals surface area contributed by atoms with Crippen molar-refractivity contribution in [2.45, 2.75) is 65.1 Å². The molecule has 102 valence electrons. The minimum atomic E-state index is 0.0515. The van der Waals surface area contributed by atoms with Gasteiger partial charge in [-0.1, -0.05) is 13.8 Å². The number of ether oxygens (including phenoxy) is 1. The van der Waals surface area contributed by atoms with Crippen LogP contribution in [0.25, 0.3) is 0 Å². The third kappa shape index (κ3) is 3.67. The van der Waals surface area contributed by atoms with Crippen LogP contribution in [0.4, 0.5) is 0 Å². The Balaban J connectivity index is 0.000000686. The first-order valence-corrected chi connectivity index (χ1v) is 7.36. The fourth-order valence-corrected chi connectivity index (χ4v) is 2.91. The van der Waals surface area contributed by atoms with Gasteiger partial charge in [0.1, 0.15) is 5.72 Å². The maximum atomic E-state index is 6.19. The van der Waals surface area contributed by atoms with Crippen LogP contribution in [0.2, 0.25) is 0 Å². The molecule has 0 aromatic carbocycles. The fraction of sp³-hybridized carbons (Fsp3) is 1.00. The molecule has 0 saturated carbocycles. The predicted molar refractivity (Wildman–Crippen MR) is 73.2 cm³/mol. The molecule has 0 unspecified atom stereocenters. The van der Waals surface area contributed by atoms with Crippen LogP contribution in [-0.2, 0) is 4.74 Å². The standard InChI is InChI=1S/C12H24N2O.C2H6/c1-11(2)14-9-3-4-10-15-12(14)5-7-13-8-6-12;1-2/h11,13H,3-10H2,1-2H3;1-2H3. The van der Waals surface area contributed by atoms with Gasteiger partial charge in [0, 0.05) is 32.0 Å². The van der Waals surface area contributed by atoms with E-state index < -0.39 is 0 Å². The number of rotatable bonds is 1. The van der Waals surface area contributed by atoms with Crippen LogP contribution in [0.5, 0.6) is 0 Å². The molecule has 17 heavy (non-hydrogen) atoms. The maximum Gasteiger partial charge on any atom is 0.124 e. The van der Waals surface area contributed by atoms with Gasteiger partial charge in [0.2, 0.25) is 0 Å². The number of nitrogens with one attached hydrogen (secondary N) is 1. The largest absolute Gasteiger partial charge is 0.360 e. The summed E-state index contributed by atoms with van der Waals surface area (Å²) in [4.78, 5) is 2.58. The summed E-state index contributed by atoms with van der Waals surface area (Å²) >= 11 is 0. The normalized spacial score (nSPS) is 25.2. The molecule has 3 nitrogen and oxygen atoms in total. The van der Waals surface area contributed by atoms with E-state index in [1.807, 2.05) is 13.8 Å². The Bertz CT molecular complexity index is 200. The molecule has 2 aliphatic heterocycles. The van der Waals surface area contributed by atoms with Crippen LogP contribution >= 0.6 is 0 Å². The molecule has 0 amide bonds. The second kappa shape index (κ2) is 7.34. The summed E-state index contributed by atoms with van der Waals surface area (Å²) in [5, 5.41) is 3.43. The quantitative estimate of drug-likeness (QED) is 0.765. The summed E-state index contributed by atoms with van der Waals surface area (Å²) in [6.07, 6.45) is 4.79. The summed E-state index contributed by atoms with van der Waals surface area (Å²) in [5.74, 6) is 0. The van der Waals surface area contributed by atoms with Crippen LogP contribution < -0.4 is 5.32 Å². The average molecular weight is 242 g/mol. The lowest BCUT2D eigenvalue weighted by Crippen LogP contribution is -2.58. The third-order valence-electron chi connectivity index (χ3n) is 3.70. The highest BCUT2D eigenvalue weighted by molar-refractivity contribution is 4.89. The van der Waals surface area contributed by atoms with E-state index >= 15 is 0 Å². The van der Waals surface area contributed by atoms with Gasteiger partial charge in [-0.2, -0.15) is 0 Å². The van der Waals surface area contributed by atoms with Gasteiger partial charge in [0.25, 0.3) is 0 Å². The highest BCUT2D eigenvalue weighted by atomic mass is 16.5. The molecule has 0 atom stereocenters. The van der Waals surface area contributed by atoms with E-state index in [0.29, 0.717) is 6.04 Å². The molecule has 2 saturated heterocycles. The Morgan fingerprint density at radius 2 is 1.76 bits per heavy atom. The maximum absolute atomic E-state index is 6.19. The number of piperidine rings is 1. The monoisotopic (exact) mass is 242 g/mol. The van der Waals surface area contributed by atoms with Crippen molar-refractivity contribution < 1.29 is 4.74 Å². The first-order valence-electron chi connectivity index (χ1n) is 7.36. The topological polar surface area (TPSA) is 24.5 Å². The SMILES string of the molecule is CC.CC(C)N1CCCCOC12CCNCC2. The van der Waals surface area contributed by atoms with Crippen molar-refractivity contribution in [2.75, 3.05) is 26.2 Å². The highest BCUT2D eigenvalue weighted by Crippen LogP contribution is 2.32. The molecule has 2 aliphatic rings. The number of nitrogens with zero attached hydrogens (tertiary/aromatic N) is 1. The Hall–Kier alpha value is -0.120. The van der Waals surface area contributed by atoms with E-state index in [0.717, 1.165) is 32.5 Å². The van der Waals surface area contributed by atoms with Gasteiger partial charge in [-0.05, 0) is 39.8 Å². The zero-order chi connectivity index (χ0) is 12.7. The summed E-state index contributed by atoms with van der Waals surface area (Å²) in [6.45, 7) is 12.9. The first-order chi connectivity index (χ1) is 8.25. The van der Waals surface area contributed by atoms with Gasteiger partial charge in [-0.25, -0.2) is 0 Å². The zero-order valence-electron chi connectivity index (χ0n) is 12.1. The number of hydrogen-bond acceptors (Lipinski definition) is 3. The van der Waals surface area contributed by atoms with Gasteiger partial charge < -0.3 is 10.1 Å². The lowest BCUT2D eigenvalue weighted by atomic mass is 9.98. The van der Waals surface area contributed by atoms with Crippen molar-refractivity contribution in [1.82, 2.24) is 10.2 Å². The van der Waals surface area contributed by atoms with Crippen LogP contribution in [0, 0.1) is 0 Å². The Kier molecular flexibility index (Phi) is 6.45. The molecule has 2 fully saturated rings. The van der Waals surface area contributed by atoms with Crippen LogP contribution in [0.1, 0.15) is 53.4 Å². The lowest BCUT2D eigenvalue weighted by Gasteiger charge is -2.47. The third-order valence-corrected chi connectivity index (χ3v) is 3.70. The predicted octanol–water partition coefficient (Wildman–Crippen LogP) is 2.61. The van der Waals surface area contributed by atoms with Crippen molar-refractivity contribution in [2.24, 2.45) is 0 Å². The molecule has 1 spiro atoms. The fourth-order valence-electron chi connectivity index (χ4n) is 2.91. The van der Waals surface area contributed by atoms with E-state index in [1.54, 1.807) is 0 Å². The van der Waals surface area contributed by atoms with Gasteiger partial charge >= 0.3 is 0 Å². The lowest BCUT2D eigenvalue weighted by molar-refractivity contribution is -0.171. The second-order valence-corrected chi connectivity index (χ2v) is 5.04. The van der Waals surface area contributed by atoms with Gasteiger partial charge in [0.05, 0.1) is 0 Å². The van der Waals surface area contributed by atoms with Crippen molar-refractivity contribution in [3.05, 3.63) is 0 Å². The average Bonchev–Trinajstić information content (AvgIpc) is 2.55. The minimum absolute atomic E-state index is 0.0515. The van der Waals surface area contributed by atoms with Crippen molar-refractivity contribution in [3.8, 4) is 0 Å². The van der Waals surface area contributed by atoms with E-state index in [1.165, 1.54) is 19.4 Å². The van der Waals surface area contributed by atoms with E-state index in [4.69, 9.17) is 4.74 Å². The summed E-state index contributed by atoms with van der Waals surface area (Å²) in [6, 6.07) is 0.598. The summed E-state index contributed by atoms with van der Waals surface area (Å²) in [5.41, 5.74) is 0.0515. The van der Waals surface area contributed by atoms with Crippen molar-refractivity contribution in [1.29, 1.82) is 0 Å². The number of hydrogen-bond donors (Lipinski definition) is 1. The Morgan fingerprint density at radius 3 is 2.35 bits per heavy atom. The van der Waals surface area contributed by atoms with Gasteiger partial charge in [-0.3, -0.25) is 4.90 Å². The van der Waals surface area contributed by atoms with Crippen molar-refractivity contribution in [3.63, 3.8) is 0 Å². The molecule has 0 aromatic rings. The minimum Gasteiger partial charge on any atom is -0.360 e. The summed E-state index contributed by atoms with van der Waals surface area (Å²) < 4.78 is 6.19. The van der Waals surface area contributed by atoms with Crippen molar-refractivity contribution >= 4 is 0 Å². The van der Waals surface area contributed by atoms with Gasteiger partial charge in [0.15, 0.2) is 0 Å². The zero-order valence-corrected chi connectivity index (χ0v) is 12.1. The van der Waals surface area contributed by atoms with Crippen LogP contribution in [0.3, 0.4) is 0 Å². The summed E-state index contributed by atoms with van der Waals surface area (Å²) in [7, 11) is 0. The molecule has 0 aliphatic carbocycles. The molecular weight excluding hydrogens is 212 g/mol. The van der Waals surface area contributed by atoms with E-state index in [2.05, 4.69) is 24.1 Å². The molecule has 0 bridgehead atoms. The van der Waals surface area contributed by atoms with E-state index in [-0.39, 0.29) is 5.72 Å². The molecule has 2 rings (SSSR count). The molecule has 0 radical (unpaired) electrons. The Labute approximate surface area is 107 Å². The van der Waals surface area contributed by atoms with E-state index in [9.17, 15) is 0 Å². The molecule has 1 N–H and O–H groups in total. The van der Waals surface area contributed by atoms with Crippen LogP contribution in [-0.4, -0.2) is 42.9 Å². The first kappa shape index (κ1) is 14.9. The Morgan fingerprint density at radius 1 is 1.12 bits per heavy atom. The molecular formula is C14H30N2O. The highest BCUT2D eigenvalue weighted by Gasteiger charge is 2.40. The molecule has 3 heteroatoms. The van der Waals surface area contributed by atoms with Gasteiger partial charge in [-0.15, -0.1) is 0 Å².